The van der Waals surface area contributed by atoms with Crippen LogP contribution in [0.3, 0.4) is 0 Å². The van der Waals surface area contributed by atoms with Crippen molar-refractivity contribution in [2.75, 3.05) is 18.2 Å². The molecule has 1 atom stereocenters. The first-order valence-corrected chi connectivity index (χ1v) is 9.11. The van der Waals surface area contributed by atoms with Crippen molar-refractivity contribution in [3.63, 3.8) is 0 Å². The second-order valence-electron chi connectivity index (χ2n) is 6.65. The molecule has 4 N–H and O–H groups in total. The molecule has 2 aromatic rings. The quantitative estimate of drug-likeness (QED) is 0.657. The van der Waals surface area contributed by atoms with Crippen LogP contribution >= 0.6 is 11.6 Å². The number of nitrogens with one attached hydrogen (secondary N) is 2. The molecule has 0 bridgehead atoms. The van der Waals surface area contributed by atoms with Crippen LogP contribution in [-0.2, 0) is 4.79 Å². The molecule has 0 spiro atoms. The van der Waals surface area contributed by atoms with Gasteiger partial charge >= 0.3 is 0 Å². The molecule has 0 heterocycles. The fraction of sp³-hybridized carbons (Fsp3) is 0.300. The lowest BCUT2D eigenvalue weighted by Gasteiger charge is -2.17. The van der Waals surface area contributed by atoms with E-state index >= 15 is 0 Å². The number of nitrogens with two attached hydrogens (primary N) is 1. The number of hydrogen-bond donors (Lipinski definition) is 3. The van der Waals surface area contributed by atoms with Crippen molar-refractivity contribution >= 4 is 34.8 Å². The van der Waals surface area contributed by atoms with Crippen molar-refractivity contribution in [2.24, 2.45) is 5.92 Å². The van der Waals surface area contributed by atoms with Gasteiger partial charge in [0.25, 0.3) is 5.91 Å². The zero-order chi connectivity index (χ0) is 19.6. The van der Waals surface area contributed by atoms with E-state index in [0.29, 0.717) is 22.0 Å². The zero-order valence-electron chi connectivity index (χ0n) is 15.2. The van der Waals surface area contributed by atoms with Gasteiger partial charge in [-0.3, -0.25) is 9.59 Å². The molecule has 6 nitrogen and oxygen atoms in total. The predicted molar refractivity (Wildman–Crippen MR) is 106 cm³/mol. The largest absolute Gasteiger partial charge is 0.496 e. The van der Waals surface area contributed by atoms with Crippen molar-refractivity contribution in [2.45, 2.75) is 25.8 Å². The summed E-state index contributed by atoms with van der Waals surface area (Å²) in [7, 11) is 1.47. The standard InChI is InChI=1S/C20H22ClN3O3/c1-11(12-5-7-14(8-6-12)24-19(25)13-3-4-13)23-20(26)15-9-16(21)17(22)10-18(15)27-2/h5-11,13H,3-4,22H2,1-2H3,(H,23,26)(H,24,25). The maximum atomic E-state index is 12.6. The number of ether oxygens (including phenoxy) is 1. The van der Waals surface area contributed by atoms with Crippen LogP contribution in [0.4, 0.5) is 11.4 Å². The van der Waals surface area contributed by atoms with E-state index in [1.807, 2.05) is 31.2 Å². The van der Waals surface area contributed by atoms with Gasteiger partial charge < -0.3 is 21.1 Å². The average Bonchev–Trinajstić information content (AvgIpc) is 3.49. The monoisotopic (exact) mass is 387 g/mol. The van der Waals surface area contributed by atoms with Crippen LogP contribution in [0, 0.1) is 5.92 Å². The molecule has 0 radical (unpaired) electrons. The van der Waals surface area contributed by atoms with Gasteiger partial charge in [-0.25, -0.2) is 0 Å². The summed E-state index contributed by atoms with van der Waals surface area (Å²) in [5.74, 6) is 0.271. The molecule has 1 fully saturated rings. The van der Waals surface area contributed by atoms with Gasteiger partial charge in [-0.1, -0.05) is 23.7 Å². The highest BCUT2D eigenvalue weighted by Gasteiger charge is 2.29. The molecule has 142 valence electrons. The van der Waals surface area contributed by atoms with Crippen LogP contribution in [0.15, 0.2) is 36.4 Å². The van der Waals surface area contributed by atoms with Crippen LogP contribution < -0.4 is 21.1 Å². The minimum absolute atomic E-state index is 0.0661. The number of halogens is 1. The second-order valence-corrected chi connectivity index (χ2v) is 7.06. The Bertz CT molecular complexity index is 864. The Labute approximate surface area is 163 Å². The minimum atomic E-state index is -0.313. The fourth-order valence-corrected chi connectivity index (χ4v) is 2.88. The van der Waals surface area contributed by atoms with Crippen molar-refractivity contribution in [3.8, 4) is 5.75 Å². The molecule has 2 aromatic carbocycles. The summed E-state index contributed by atoms with van der Waals surface area (Å²) >= 11 is 6.03. The lowest BCUT2D eigenvalue weighted by molar-refractivity contribution is -0.117. The summed E-state index contributed by atoms with van der Waals surface area (Å²) in [6, 6.07) is 10.2. The molecule has 0 saturated heterocycles. The van der Waals surface area contributed by atoms with Crippen molar-refractivity contribution < 1.29 is 14.3 Å². The molecular weight excluding hydrogens is 366 g/mol. The van der Waals surface area contributed by atoms with Crippen molar-refractivity contribution in [1.82, 2.24) is 5.32 Å². The lowest BCUT2D eigenvalue weighted by atomic mass is 10.1. The summed E-state index contributed by atoms with van der Waals surface area (Å²) < 4.78 is 5.23. The number of carbonyl (C=O) groups is 2. The summed E-state index contributed by atoms with van der Waals surface area (Å²) in [6.07, 6.45) is 1.93. The Kier molecular flexibility index (Phi) is 5.56. The fourth-order valence-electron chi connectivity index (χ4n) is 2.72. The number of nitrogen functional groups attached to an aromatic ring is 1. The summed E-state index contributed by atoms with van der Waals surface area (Å²) in [6.45, 7) is 1.88. The topological polar surface area (TPSA) is 93.4 Å². The van der Waals surface area contributed by atoms with E-state index in [9.17, 15) is 9.59 Å². The van der Waals surface area contributed by atoms with Gasteiger partial charge in [0.15, 0.2) is 0 Å². The molecule has 1 aliphatic carbocycles. The Hall–Kier alpha value is -2.73. The summed E-state index contributed by atoms with van der Waals surface area (Å²) in [5, 5.41) is 6.11. The predicted octanol–water partition coefficient (Wildman–Crippen LogP) is 3.77. The number of anilines is 2. The number of benzene rings is 2. The van der Waals surface area contributed by atoms with E-state index in [1.165, 1.54) is 19.2 Å². The molecule has 27 heavy (non-hydrogen) atoms. The highest BCUT2D eigenvalue weighted by molar-refractivity contribution is 6.33. The Morgan fingerprint density at radius 2 is 1.89 bits per heavy atom. The minimum Gasteiger partial charge on any atom is -0.496 e. The molecule has 0 aromatic heterocycles. The first kappa shape index (κ1) is 19.0. The van der Waals surface area contributed by atoms with E-state index in [2.05, 4.69) is 10.6 Å². The van der Waals surface area contributed by atoms with Gasteiger partial charge in [0.05, 0.1) is 29.4 Å². The number of carbonyl (C=O) groups excluding carboxylic acids is 2. The smallest absolute Gasteiger partial charge is 0.255 e. The SMILES string of the molecule is COc1cc(N)c(Cl)cc1C(=O)NC(C)c1ccc(NC(=O)C2CC2)cc1. The van der Waals surface area contributed by atoms with Crippen LogP contribution in [-0.4, -0.2) is 18.9 Å². The summed E-state index contributed by atoms with van der Waals surface area (Å²) in [5.41, 5.74) is 8.08. The van der Waals surface area contributed by atoms with Crippen LogP contribution in [0.1, 0.15) is 41.7 Å². The first-order chi connectivity index (χ1) is 12.9. The van der Waals surface area contributed by atoms with E-state index < -0.39 is 0 Å². The van der Waals surface area contributed by atoms with Crippen molar-refractivity contribution in [3.05, 3.63) is 52.5 Å². The zero-order valence-corrected chi connectivity index (χ0v) is 16.0. The van der Waals surface area contributed by atoms with Gasteiger partial charge in [-0.15, -0.1) is 0 Å². The molecule has 3 rings (SSSR count). The van der Waals surface area contributed by atoms with Gasteiger partial charge in [0, 0.05) is 17.7 Å². The number of methoxy groups -OCH3 is 1. The van der Waals surface area contributed by atoms with Crippen molar-refractivity contribution in [1.29, 1.82) is 0 Å². The Morgan fingerprint density at radius 3 is 2.48 bits per heavy atom. The molecular formula is C20H22ClN3O3. The molecule has 7 heteroatoms. The normalized spacial score (nSPS) is 14.3. The number of rotatable bonds is 6. The van der Waals surface area contributed by atoms with E-state index in [-0.39, 0.29) is 23.8 Å². The van der Waals surface area contributed by atoms with Crippen LogP contribution in [0.25, 0.3) is 0 Å². The maximum absolute atomic E-state index is 12.6. The highest BCUT2D eigenvalue weighted by Crippen LogP contribution is 2.31. The van der Waals surface area contributed by atoms with Gasteiger partial charge in [-0.2, -0.15) is 0 Å². The molecule has 1 saturated carbocycles. The third-order valence-electron chi connectivity index (χ3n) is 4.54. The Morgan fingerprint density at radius 1 is 1.22 bits per heavy atom. The van der Waals surface area contributed by atoms with Gasteiger partial charge in [-0.05, 0) is 43.5 Å². The lowest BCUT2D eigenvalue weighted by Crippen LogP contribution is -2.27. The van der Waals surface area contributed by atoms with E-state index in [4.69, 9.17) is 22.1 Å². The second kappa shape index (κ2) is 7.88. The van der Waals surface area contributed by atoms with Crippen LogP contribution in [0.2, 0.25) is 5.02 Å². The molecule has 1 unspecified atom stereocenters. The summed E-state index contributed by atoms with van der Waals surface area (Å²) in [4.78, 5) is 24.4. The van der Waals surface area contributed by atoms with Gasteiger partial charge in [0.1, 0.15) is 5.75 Å². The van der Waals surface area contributed by atoms with E-state index in [0.717, 1.165) is 24.1 Å². The third-order valence-corrected chi connectivity index (χ3v) is 4.86. The number of hydrogen-bond acceptors (Lipinski definition) is 4. The maximum Gasteiger partial charge on any atom is 0.255 e. The molecule has 1 aliphatic rings. The highest BCUT2D eigenvalue weighted by atomic mass is 35.5. The number of amides is 2. The Balaban J connectivity index is 1.67. The van der Waals surface area contributed by atoms with E-state index in [1.54, 1.807) is 0 Å². The van der Waals surface area contributed by atoms with Gasteiger partial charge in [0.2, 0.25) is 5.91 Å². The average molecular weight is 388 g/mol. The molecule has 2 amide bonds. The first-order valence-electron chi connectivity index (χ1n) is 8.73. The molecule has 0 aliphatic heterocycles. The van der Waals surface area contributed by atoms with Crippen LogP contribution in [0.5, 0.6) is 5.75 Å². The third kappa shape index (κ3) is 4.52.